The summed E-state index contributed by atoms with van der Waals surface area (Å²) in [5.41, 5.74) is 0. The third-order valence-electron chi connectivity index (χ3n) is 1.42. The average molecular weight is 170 g/mol. The number of ether oxygens (including phenoxy) is 1. The Balaban J connectivity index is 3.68. The smallest absolute Gasteiger partial charge is 0.330 e. The van der Waals surface area contributed by atoms with Crippen molar-refractivity contribution in [2.45, 2.75) is 40.2 Å². The maximum atomic E-state index is 10.9. The first-order chi connectivity index (χ1) is 5.56. The summed E-state index contributed by atoms with van der Waals surface area (Å²) in [7, 11) is 0. The molecule has 2 heteroatoms. The minimum absolute atomic E-state index is 0.0219. The van der Waals surface area contributed by atoms with Crippen LogP contribution >= 0.6 is 0 Å². The van der Waals surface area contributed by atoms with Crippen molar-refractivity contribution in [1.29, 1.82) is 0 Å². The number of rotatable bonds is 4. The number of hydrogen-bond acceptors (Lipinski definition) is 2. The fourth-order valence-corrected chi connectivity index (χ4v) is 1.09. The highest BCUT2D eigenvalue weighted by atomic mass is 16.5. The molecule has 0 aromatic heterocycles. The lowest BCUT2D eigenvalue weighted by Gasteiger charge is -2.13. The monoisotopic (exact) mass is 170 g/mol. The van der Waals surface area contributed by atoms with E-state index in [4.69, 9.17) is 4.74 Å². The molecule has 0 N–H and O–H groups in total. The number of allylic oxidation sites excluding steroid dienone is 1. The zero-order valence-corrected chi connectivity index (χ0v) is 8.33. The van der Waals surface area contributed by atoms with Gasteiger partial charge in [0.05, 0.1) is 6.10 Å². The van der Waals surface area contributed by atoms with Gasteiger partial charge in [-0.05, 0) is 26.2 Å². The van der Waals surface area contributed by atoms with Crippen LogP contribution < -0.4 is 0 Å². The lowest BCUT2D eigenvalue weighted by atomic mass is 10.1. The van der Waals surface area contributed by atoms with E-state index in [-0.39, 0.29) is 12.1 Å². The van der Waals surface area contributed by atoms with Crippen molar-refractivity contribution < 1.29 is 9.53 Å². The quantitative estimate of drug-likeness (QED) is 0.478. The summed E-state index contributed by atoms with van der Waals surface area (Å²) in [5, 5.41) is 0. The molecule has 0 aliphatic rings. The largest absolute Gasteiger partial charge is 0.460 e. The molecule has 0 aromatic carbocycles. The lowest BCUT2D eigenvalue weighted by molar-refractivity contribution is -0.142. The molecule has 2 nitrogen and oxygen atoms in total. The Morgan fingerprint density at radius 1 is 1.42 bits per heavy atom. The van der Waals surface area contributed by atoms with Crippen LogP contribution in [0.2, 0.25) is 0 Å². The first-order valence-corrected chi connectivity index (χ1v) is 4.39. The van der Waals surface area contributed by atoms with E-state index < -0.39 is 0 Å². The molecule has 0 rings (SSSR count). The minimum atomic E-state index is -0.245. The van der Waals surface area contributed by atoms with Gasteiger partial charge in [-0.25, -0.2) is 4.79 Å². The van der Waals surface area contributed by atoms with E-state index >= 15 is 0 Å². The molecule has 0 radical (unpaired) electrons. The molecule has 0 aliphatic heterocycles. The SMILES string of the molecule is C/C=C/C(=O)O[C@H](C)CC(C)C. The third kappa shape index (κ3) is 5.96. The summed E-state index contributed by atoms with van der Waals surface area (Å²) in [6, 6.07) is 0. The Morgan fingerprint density at radius 3 is 2.42 bits per heavy atom. The van der Waals surface area contributed by atoms with Gasteiger partial charge in [-0.15, -0.1) is 0 Å². The molecule has 0 bridgehead atoms. The van der Waals surface area contributed by atoms with E-state index in [0.29, 0.717) is 5.92 Å². The fourth-order valence-electron chi connectivity index (χ4n) is 1.09. The second-order valence-corrected chi connectivity index (χ2v) is 3.38. The van der Waals surface area contributed by atoms with Crippen LogP contribution in [0.15, 0.2) is 12.2 Å². The van der Waals surface area contributed by atoms with Gasteiger partial charge in [0, 0.05) is 6.08 Å². The first-order valence-electron chi connectivity index (χ1n) is 4.39. The normalized spacial score (nSPS) is 13.8. The highest BCUT2D eigenvalue weighted by Gasteiger charge is 2.07. The van der Waals surface area contributed by atoms with Crippen LogP contribution in [-0.4, -0.2) is 12.1 Å². The van der Waals surface area contributed by atoms with Crippen LogP contribution in [0.3, 0.4) is 0 Å². The van der Waals surface area contributed by atoms with E-state index in [1.54, 1.807) is 13.0 Å². The molecule has 0 fully saturated rings. The summed E-state index contributed by atoms with van der Waals surface area (Å²) in [6.45, 7) is 7.94. The lowest BCUT2D eigenvalue weighted by Crippen LogP contribution is -2.15. The summed E-state index contributed by atoms with van der Waals surface area (Å²) < 4.78 is 5.08. The molecule has 12 heavy (non-hydrogen) atoms. The van der Waals surface area contributed by atoms with Gasteiger partial charge in [0.1, 0.15) is 0 Å². The van der Waals surface area contributed by atoms with Crippen molar-refractivity contribution in [3.63, 3.8) is 0 Å². The third-order valence-corrected chi connectivity index (χ3v) is 1.42. The van der Waals surface area contributed by atoms with Gasteiger partial charge < -0.3 is 4.74 Å². The molecule has 0 saturated heterocycles. The Morgan fingerprint density at radius 2 is 2.00 bits per heavy atom. The second kappa shape index (κ2) is 5.81. The Labute approximate surface area is 74.6 Å². The average Bonchev–Trinajstić information content (AvgIpc) is 1.84. The van der Waals surface area contributed by atoms with Crippen molar-refractivity contribution in [3.8, 4) is 0 Å². The molecule has 0 spiro atoms. The molecule has 0 amide bonds. The van der Waals surface area contributed by atoms with E-state index in [1.165, 1.54) is 6.08 Å². The second-order valence-electron chi connectivity index (χ2n) is 3.38. The summed E-state index contributed by atoms with van der Waals surface area (Å²) in [6.07, 6.45) is 4.07. The van der Waals surface area contributed by atoms with Crippen molar-refractivity contribution in [2.24, 2.45) is 5.92 Å². The zero-order chi connectivity index (χ0) is 9.56. The van der Waals surface area contributed by atoms with Crippen molar-refractivity contribution in [3.05, 3.63) is 12.2 Å². The van der Waals surface area contributed by atoms with E-state index in [1.807, 2.05) is 6.92 Å². The van der Waals surface area contributed by atoms with Crippen LogP contribution in [-0.2, 0) is 9.53 Å². The minimum Gasteiger partial charge on any atom is -0.460 e. The van der Waals surface area contributed by atoms with Crippen LogP contribution in [0.1, 0.15) is 34.1 Å². The van der Waals surface area contributed by atoms with Crippen LogP contribution in [0.4, 0.5) is 0 Å². The standard InChI is InChI=1S/C10H18O2/c1-5-6-10(11)12-9(4)7-8(2)3/h5-6,8-9H,7H2,1-4H3/b6-5+/t9-/m1/s1. The van der Waals surface area contributed by atoms with Gasteiger partial charge in [0.2, 0.25) is 0 Å². The highest BCUT2D eigenvalue weighted by molar-refractivity contribution is 5.81. The maximum Gasteiger partial charge on any atom is 0.330 e. The molecule has 0 aromatic rings. The topological polar surface area (TPSA) is 26.3 Å². The molecule has 0 saturated carbocycles. The van der Waals surface area contributed by atoms with Crippen LogP contribution in [0.25, 0.3) is 0 Å². The van der Waals surface area contributed by atoms with Gasteiger partial charge in [0.25, 0.3) is 0 Å². The van der Waals surface area contributed by atoms with Crippen molar-refractivity contribution in [2.75, 3.05) is 0 Å². The predicted octanol–water partition coefficient (Wildman–Crippen LogP) is 2.54. The van der Waals surface area contributed by atoms with Crippen LogP contribution in [0.5, 0.6) is 0 Å². The van der Waals surface area contributed by atoms with Crippen LogP contribution in [0, 0.1) is 5.92 Å². The molecule has 70 valence electrons. The first kappa shape index (κ1) is 11.2. The van der Waals surface area contributed by atoms with Gasteiger partial charge in [-0.3, -0.25) is 0 Å². The van der Waals surface area contributed by atoms with Gasteiger partial charge in [-0.2, -0.15) is 0 Å². The molecule has 0 heterocycles. The van der Waals surface area contributed by atoms with E-state index in [9.17, 15) is 4.79 Å². The van der Waals surface area contributed by atoms with Crippen molar-refractivity contribution >= 4 is 5.97 Å². The fraction of sp³-hybridized carbons (Fsp3) is 0.700. The summed E-state index contributed by atoms with van der Waals surface area (Å²) in [5.74, 6) is 0.323. The van der Waals surface area contributed by atoms with Gasteiger partial charge in [-0.1, -0.05) is 19.9 Å². The molecule has 0 unspecified atom stereocenters. The maximum absolute atomic E-state index is 10.9. The van der Waals surface area contributed by atoms with E-state index in [0.717, 1.165) is 6.42 Å². The molecular formula is C10H18O2. The Bertz CT molecular complexity index is 159. The molecule has 0 aliphatic carbocycles. The summed E-state index contributed by atoms with van der Waals surface area (Å²) >= 11 is 0. The van der Waals surface area contributed by atoms with Crippen molar-refractivity contribution in [1.82, 2.24) is 0 Å². The van der Waals surface area contributed by atoms with Gasteiger partial charge >= 0.3 is 5.97 Å². The zero-order valence-electron chi connectivity index (χ0n) is 8.33. The number of carbonyl (C=O) groups excluding carboxylic acids is 1. The Hall–Kier alpha value is -0.790. The van der Waals surface area contributed by atoms with Gasteiger partial charge in [0.15, 0.2) is 0 Å². The number of esters is 1. The molecular weight excluding hydrogens is 152 g/mol. The molecule has 1 atom stereocenters. The van der Waals surface area contributed by atoms with E-state index in [2.05, 4.69) is 13.8 Å². The number of carbonyl (C=O) groups is 1. The highest BCUT2D eigenvalue weighted by Crippen LogP contribution is 2.07. The summed E-state index contributed by atoms with van der Waals surface area (Å²) in [4.78, 5) is 10.9. The Kier molecular flexibility index (Phi) is 5.43. The number of hydrogen-bond donors (Lipinski definition) is 0. The predicted molar refractivity (Wildman–Crippen MR) is 49.8 cm³/mol.